The van der Waals surface area contributed by atoms with Gasteiger partial charge in [0.15, 0.2) is 5.79 Å². The number of rotatable bonds is 0. The SMILES string of the molecule is CC1CC2(SCCCS2)C(C)(O)O1. The van der Waals surface area contributed by atoms with Crippen LogP contribution in [0.1, 0.15) is 26.7 Å². The molecule has 1 spiro atoms. The maximum atomic E-state index is 10.2. The van der Waals surface area contributed by atoms with Gasteiger partial charge in [-0.2, -0.15) is 0 Å². The molecule has 2 saturated heterocycles. The van der Waals surface area contributed by atoms with Crippen molar-refractivity contribution in [1.29, 1.82) is 0 Å². The number of aliphatic hydroxyl groups is 1. The van der Waals surface area contributed by atoms with Crippen molar-refractivity contribution in [2.75, 3.05) is 11.5 Å². The van der Waals surface area contributed by atoms with Crippen molar-refractivity contribution in [2.24, 2.45) is 0 Å². The molecule has 0 saturated carbocycles. The van der Waals surface area contributed by atoms with E-state index in [-0.39, 0.29) is 10.2 Å². The van der Waals surface area contributed by atoms with E-state index in [1.165, 1.54) is 6.42 Å². The molecule has 2 aliphatic heterocycles. The van der Waals surface area contributed by atoms with Crippen LogP contribution in [0.4, 0.5) is 0 Å². The van der Waals surface area contributed by atoms with Gasteiger partial charge in [-0.15, -0.1) is 23.5 Å². The lowest BCUT2D eigenvalue weighted by atomic mass is 10.1. The van der Waals surface area contributed by atoms with E-state index in [4.69, 9.17) is 4.74 Å². The molecule has 76 valence electrons. The van der Waals surface area contributed by atoms with Gasteiger partial charge in [-0.05, 0) is 31.8 Å². The summed E-state index contributed by atoms with van der Waals surface area (Å²) in [6, 6.07) is 0. The molecule has 4 heteroatoms. The van der Waals surface area contributed by atoms with Crippen molar-refractivity contribution < 1.29 is 9.84 Å². The molecule has 2 atom stereocenters. The normalized spacial score (nSPS) is 44.1. The third kappa shape index (κ3) is 1.62. The van der Waals surface area contributed by atoms with Crippen LogP contribution in [0.2, 0.25) is 0 Å². The average molecular weight is 220 g/mol. The Bertz CT molecular complexity index is 200. The Labute approximate surface area is 87.8 Å². The first-order chi connectivity index (χ1) is 6.06. The fourth-order valence-corrected chi connectivity index (χ4v) is 5.64. The second kappa shape index (κ2) is 3.33. The standard InChI is InChI=1S/C9H16O2S2/c1-7-6-9(8(2,10)11-7)12-4-3-5-13-9/h7,10H,3-6H2,1-2H3. The quantitative estimate of drug-likeness (QED) is 0.677. The van der Waals surface area contributed by atoms with Crippen molar-refractivity contribution in [2.45, 2.75) is 42.7 Å². The third-order valence-electron chi connectivity index (χ3n) is 2.65. The molecule has 2 nitrogen and oxygen atoms in total. The summed E-state index contributed by atoms with van der Waals surface area (Å²) in [5, 5.41) is 10.2. The molecule has 2 unspecified atom stereocenters. The largest absolute Gasteiger partial charge is 0.364 e. The first kappa shape index (κ1) is 10.1. The zero-order valence-corrected chi connectivity index (χ0v) is 9.71. The summed E-state index contributed by atoms with van der Waals surface area (Å²) in [6.45, 7) is 3.85. The lowest BCUT2D eigenvalue weighted by Crippen LogP contribution is -2.45. The van der Waals surface area contributed by atoms with Crippen LogP contribution in [-0.2, 0) is 4.74 Å². The van der Waals surface area contributed by atoms with Crippen LogP contribution in [0, 0.1) is 0 Å². The Balaban J connectivity index is 2.19. The summed E-state index contributed by atoms with van der Waals surface area (Å²) in [7, 11) is 0. The molecule has 2 rings (SSSR count). The topological polar surface area (TPSA) is 29.5 Å². The molecule has 1 N–H and O–H groups in total. The summed E-state index contributed by atoms with van der Waals surface area (Å²) in [6.07, 6.45) is 2.41. The van der Waals surface area contributed by atoms with Crippen LogP contribution < -0.4 is 0 Å². The van der Waals surface area contributed by atoms with E-state index in [9.17, 15) is 5.11 Å². The number of hydrogen-bond acceptors (Lipinski definition) is 4. The van der Waals surface area contributed by atoms with Crippen molar-refractivity contribution in [3.63, 3.8) is 0 Å². The fraction of sp³-hybridized carbons (Fsp3) is 1.00. The zero-order chi connectivity index (χ0) is 9.53. The van der Waals surface area contributed by atoms with Gasteiger partial charge in [-0.25, -0.2) is 0 Å². The molecule has 0 aromatic rings. The van der Waals surface area contributed by atoms with Crippen LogP contribution in [0.5, 0.6) is 0 Å². The van der Waals surface area contributed by atoms with Crippen LogP contribution in [0.3, 0.4) is 0 Å². The Morgan fingerprint density at radius 3 is 2.46 bits per heavy atom. The zero-order valence-electron chi connectivity index (χ0n) is 8.08. The van der Waals surface area contributed by atoms with E-state index in [2.05, 4.69) is 0 Å². The Kier molecular flexibility index (Phi) is 2.60. The highest BCUT2D eigenvalue weighted by Gasteiger charge is 2.56. The Hall–Kier alpha value is 0.620. The molecule has 2 heterocycles. The molecule has 0 radical (unpaired) electrons. The van der Waals surface area contributed by atoms with Crippen molar-refractivity contribution in [1.82, 2.24) is 0 Å². The van der Waals surface area contributed by atoms with Gasteiger partial charge in [0.05, 0.1) is 6.10 Å². The summed E-state index contributed by atoms with van der Waals surface area (Å²) >= 11 is 3.74. The van der Waals surface area contributed by atoms with Gasteiger partial charge in [0, 0.05) is 6.42 Å². The van der Waals surface area contributed by atoms with Crippen molar-refractivity contribution in [3.05, 3.63) is 0 Å². The van der Waals surface area contributed by atoms with Crippen LogP contribution in [-0.4, -0.2) is 32.6 Å². The molecule has 0 bridgehead atoms. The van der Waals surface area contributed by atoms with E-state index in [1.54, 1.807) is 0 Å². The highest BCUT2D eigenvalue weighted by molar-refractivity contribution is 8.18. The molecule has 0 aromatic heterocycles. The summed E-state index contributed by atoms with van der Waals surface area (Å²) < 4.78 is 5.46. The molecular formula is C9H16O2S2. The molecular weight excluding hydrogens is 204 g/mol. The highest BCUT2D eigenvalue weighted by atomic mass is 32.2. The summed E-state index contributed by atoms with van der Waals surface area (Å²) in [4.78, 5) is 0. The minimum atomic E-state index is -0.942. The van der Waals surface area contributed by atoms with E-state index in [1.807, 2.05) is 37.4 Å². The second-order valence-corrected chi connectivity index (χ2v) is 6.96. The highest BCUT2D eigenvalue weighted by Crippen LogP contribution is 2.56. The maximum Gasteiger partial charge on any atom is 0.187 e. The predicted molar refractivity (Wildman–Crippen MR) is 58.1 cm³/mol. The van der Waals surface area contributed by atoms with Crippen molar-refractivity contribution in [3.8, 4) is 0 Å². The monoisotopic (exact) mass is 220 g/mol. The number of thioether (sulfide) groups is 2. The predicted octanol–water partition coefficient (Wildman–Crippen LogP) is 2.07. The first-order valence-electron chi connectivity index (χ1n) is 4.74. The maximum absolute atomic E-state index is 10.2. The van der Waals surface area contributed by atoms with E-state index >= 15 is 0 Å². The summed E-state index contributed by atoms with van der Waals surface area (Å²) in [5.41, 5.74) is 0. The molecule has 2 fully saturated rings. The minimum Gasteiger partial charge on any atom is -0.364 e. The van der Waals surface area contributed by atoms with Crippen molar-refractivity contribution >= 4 is 23.5 Å². The number of hydrogen-bond donors (Lipinski definition) is 1. The lowest BCUT2D eigenvalue weighted by molar-refractivity contribution is -0.176. The molecule has 2 aliphatic rings. The van der Waals surface area contributed by atoms with Crippen LogP contribution >= 0.6 is 23.5 Å². The Morgan fingerprint density at radius 2 is 2.00 bits per heavy atom. The molecule has 0 amide bonds. The van der Waals surface area contributed by atoms with Gasteiger partial charge in [-0.1, -0.05) is 0 Å². The van der Waals surface area contributed by atoms with Gasteiger partial charge >= 0.3 is 0 Å². The fourth-order valence-electron chi connectivity index (χ4n) is 2.05. The average Bonchev–Trinajstić information content (AvgIpc) is 2.23. The van der Waals surface area contributed by atoms with Gasteiger partial charge < -0.3 is 9.84 Å². The van der Waals surface area contributed by atoms with E-state index in [0.717, 1.165) is 17.9 Å². The van der Waals surface area contributed by atoms with E-state index in [0.29, 0.717) is 0 Å². The van der Waals surface area contributed by atoms with Crippen LogP contribution in [0.15, 0.2) is 0 Å². The second-order valence-electron chi connectivity index (χ2n) is 3.92. The first-order valence-corrected chi connectivity index (χ1v) is 6.71. The van der Waals surface area contributed by atoms with Crippen LogP contribution in [0.25, 0.3) is 0 Å². The molecule has 0 aliphatic carbocycles. The third-order valence-corrected chi connectivity index (χ3v) is 6.37. The summed E-state index contributed by atoms with van der Waals surface area (Å²) in [5.74, 6) is 1.36. The van der Waals surface area contributed by atoms with Gasteiger partial charge in [0.2, 0.25) is 0 Å². The number of ether oxygens (including phenoxy) is 1. The molecule has 13 heavy (non-hydrogen) atoms. The molecule has 0 aromatic carbocycles. The van der Waals surface area contributed by atoms with Gasteiger partial charge in [0.25, 0.3) is 0 Å². The lowest BCUT2D eigenvalue weighted by Gasteiger charge is -2.39. The Morgan fingerprint density at radius 1 is 1.38 bits per heavy atom. The van der Waals surface area contributed by atoms with Gasteiger partial charge in [0.1, 0.15) is 4.08 Å². The van der Waals surface area contributed by atoms with Gasteiger partial charge in [-0.3, -0.25) is 0 Å². The smallest absolute Gasteiger partial charge is 0.187 e. The minimum absolute atomic E-state index is 0.0926. The van der Waals surface area contributed by atoms with E-state index < -0.39 is 5.79 Å².